The molecule has 1 aliphatic carbocycles. The normalized spacial score (nSPS) is 33.7. The highest BCUT2D eigenvalue weighted by Crippen LogP contribution is 2.54. The van der Waals surface area contributed by atoms with Gasteiger partial charge in [-0.25, -0.2) is 0 Å². The first kappa shape index (κ1) is 8.30. The molecule has 1 aliphatic heterocycles. The number of fused-ring (bicyclic) bond motifs is 2. The summed E-state index contributed by atoms with van der Waals surface area (Å²) >= 11 is 0. The van der Waals surface area contributed by atoms with Crippen molar-refractivity contribution in [1.82, 2.24) is 0 Å². The van der Waals surface area contributed by atoms with E-state index in [1.54, 1.807) is 0 Å². The van der Waals surface area contributed by atoms with Crippen molar-refractivity contribution in [1.29, 1.82) is 0 Å². The summed E-state index contributed by atoms with van der Waals surface area (Å²) in [6.45, 7) is 3.22. The molecular weight excluding hydrogens is 172 g/mol. The highest BCUT2D eigenvalue weighted by atomic mass is 14.9. The number of rotatable bonds is 0. The van der Waals surface area contributed by atoms with Crippen molar-refractivity contribution in [2.24, 2.45) is 5.73 Å². The molecule has 3 rings (SSSR count). The van der Waals surface area contributed by atoms with Crippen molar-refractivity contribution in [3.8, 4) is 0 Å². The molecule has 2 unspecified atom stereocenters. The number of hydrogen-bond acceptors (Lipinski definition) is 2. The van der Waals surface area contributed by atoms with E-state index in [9.17, 15) is 0 Å². The molecule has 2 atom stereocenters. The van der Waals surface area contributed by atoms with Gasteiger partial charge in [0.2, 0.25) is 0 Å². The van der Waals surface area contributed by atoms with Crippen molar-refractivity contribution in [3.63, 3.8) is 0 Å². The number of hydrogen-bond donors (Lipinski definition) is 2. The molecule has 1 saturated carbocycles. The van der Waals surface area contributed by atoms with E-state index < -0.39 is 0 Å². The maximum Gasteiger partial charge on any atom is 0.0379 e. The van der Waals surface area contributed by atoms with E-state index in [1.807, 2.05) is 0 Å². The SMILES string of the molecule is Cc1ccc2c(c1)C1(CCN2)CC1N. The van der Waals surface area contributed by atoms with Crippen LogP contribution in [0.15, 0.2) is 18.2 Å². The molecule has 0 radical (unpaired) electrons. The van der Waals surface area contributed by atoms with E-state index in [2.05, 4.69) is 30.4 Å². The van der Waals surface area contributed by atoms with Gasteiger partial charge in [0.25, 0.3) is 0 Å². The summed E-state index contributed by atoms with van der Waals surface area (Å²) in [5, 5.41) is 3.45. The van der Waals surface area contributed by atoms with Gasteiger partial charge in [-0.2, -0.15) is 0 Å². The highest BCUT2D eigenvalue weighted by Gasteiger charge is 2.54. The average Bonchev–Trinajstić information content (AvgIpc) is 2.80. The van der Waals surface area contributed by atoms with Gasteiger partial charge in [0.15, 0.2) is 0 Å². The Kier molecular flexibility index (Phi) is 1.49. The van der Waals surface area contributed by atoms with Gasteiger partial charge in [0.05, 0.1) is 0 Å². The monoisotopic (exact) mass is 188 g/mol. The molecule has 1 spiro atoms. The standard InChI is InChI=1S/C12H16N2/c1-8-2-3-10-9(6-8)12(4-5-14-10)7-11(12)13/h2-3,6,11,14H,4-5,7,13H2,1H3. The Balaban J connectivity index is 2.14. The molecule has 74 valence electrons. The number of nitrogens with one attached hydrogen (secondary N) is 1. The van der Waals surface area contributed by atoms with Crippen molar-refractivity contribution in [3.05, 3.63) is 29.3 Å². The quantitative estimate of drug-likeness (QED) is 0.651. The minimum absolute atomic E-state index is 0.326. The molecule has 14 heavy (non-hydrogen) atoms. The van der Waals surface area contributed by atoms with Crippen LogP contribution in [-0.2, 0) is 5.41 Å². The molecule has 2 aliphatic rings. The summed E-state index contributed by atoms with van der Waals surface area (Å²) in [5.74, 6) is 0. The second-order valence-corrected chi connectivity index (χ2v) is 4.69. The maximum absolute atomic E-state index is 6.07. The minimum atomic E-state index is 0.326. The zero-order chi connectivity index (χ0) is 9.76. The lowest BCUT2D eigenvalue weighted by Gasteiger charge is -2.27. The van der Waals surface area contributed by atoms with Crippen molar-refractivity contribution in [2.75, 3.05) is 11.9 Å². The van der Waals surface area contributed by atoms with Gasteiger partial charge < -0.3 is 11.1 Å². The highest BCUT2D eigenvalue weighted by molar-refractivity contribution is 5.61. The first-order valence-electron chi connectivity index (χ1n) is 5.33. The van der Waals surface area contributed by atoms with Gasteiger partial charge in [0, 0.05) is 23.7 Å². The summed E-state index contributed by atoms with van der Waals surface area (Å²) in [5.41, 5.74) is 10.5. The Morgan fingerprint density at radius 1 is 1.50 bits per heavy atom. The molecule has 2 nitrogen and oxygen atoms in total. The lowest BCUT2D eigenvalue weighted by Crippen LogP contribution is -2.27. The van der Waals surface area contributed by atoms with E-state index in [1.165, 1.54) is 29.7 Å². The van der Waals surface area contributed by atoms with Crippen LogP contribution >= 0.6 is 0 Å². The molecule has 0 aromatic heterocycles. The van der Waals surface area contributed by atoms with Gasteiger partial charge in [0.1, 0.15) is 0 Å². The van der Waals surface area contributed by atoms with Crippen LogP contribution in [0.4, 0.5) is 5.69 Å². The van der Waals surface area contributed by atoms with Crippen LogP contribution in [0.25, 0.3) is 0 Å². The Hall–Kier alpha value is -1.02. The van der Waals surface area contributed by atoms with Crippen LogP contribution in [0.5, 0.6) is 0 Å². The molecule has 3 N–H and O–H groups in total. The summed E-state index contributed by atoms with van der Waals surface area (Å²) in [4.78, 5) is 0. The Labute approximate surface area is 84.5 Å². The summed E-state index contributed by atoms with van der Waals surface area (Å²) in [6.07, 6.45) is 2.37. The fraction of sp³-hybridized carbons (Fsp3) is 0.500. The van der Waals surface area contributed by atoms with E-state index in [0.29, 0.717) is 11.5 Å². The average molecular weight is 188 g/mol. The van der Waals surface area contributed by atoms with E-state index in [-0.39, 0.29) is 0 Å². The van der Waals surface area contributed by atoms with Crippen molar-refractivity contribution < 1.29 is 0 Å². The van der Waals surface area contributed by atoms with Gasteiger partial charge in [-0.3, -0.25) is 0 Å². The van der Waals surface area contributed by atoms with Gasteiger partial charge in [-0.15, -0.1) is 0 Å². The van der Waals surface area contributed by atoms with Crippen LogP contribution in [0.1, 0.15) is 24.0 Å². The van der Waals surface area contributed by atoms with Gasteiger partial charge in [-0.1, -0.05) is 17.7 Å². The van der Waals surface area contributed by atoms with Crippen molar-refractivity contribution >= 4 is 5.69 Å². The molecule has 0 amide bonds. The molecule has 0 saturated heterocycles. The van der Waals surface area contributed by atoms with Crippen LogP contribution in [0, 0.1) is 6.92 Å². The second-order valence-electron chi connectivity index (χ2n) is 4.69. The molecule has 1 aromatic rings. The minimum Gasteiger partial charge on any atom is -0.385 e. The predicted octanol–water partition coefficient (Wildman–Crippen LogP) is 1.78. The Bertz CT molecular complexity index is 386. The first-order chi connectivity index (χ1) is 6.72. The van der Waals surface area contributed by atoms with Crippen LogP contribution < -0.4 is 11.1 Å². The molecule has 1 aromatic carbocycles. The third-order valence-electron chi connectivity index (χ3n) is 3.73. The smallest absolute Gasteiger partial charge is 0.0379 e. The summed E-state index contributed by atoms with van der Waals surface area (Å²) in [6, 6.07) is 7.05. The lowest BCUT2D eigenvalue weighted by atomic mass is 9.86. The number of nitrogens with two attached hydrogens (primary N) is 1. The topological polar surface area (TPSA) is 38.0 Å². The molecule has 1 heterocycles. The number of aryl methyl sites for hydroxylation is 1. The zero-order valence-electron chi connectivity index (χ0n) is 8.51. The second kappa shape index (κ2) is 2.51. The zero-order valence-corrected chi connectivity index (χ0v) is 8.51. The van der Waals surface area contributed by atoms with Crippen LogP contribution in [0.2, 0.25) is 0 Å². The Morgan fingerprint density at radius 2 is 2.29 bits per heavy atom. The molecule has 1 fully saturated rings. The van der Waals surface area contributed by atoms with Gasteiger partial charge >= 0.3 is 0 Å². The predicted molar refractivity (Wildman–Crippen MR) is 58.6 cm³/mol. The lowest BCUT2D eigenvalue weighted by molar-refractivity contribution is 0.597. The number of benzene rings is 1. The number of anilines is 1. The largest absolute Gasteiger partial charge is 0.385 e. The molecular formula is C12H16N2. The summed E-state index contributed by atoms with van der Waals surface area (Å²) in [7, 11) is 0. The van der Waals surface area contributed by atoms with Crippen molar-refractivity contribution in [2.45, 2.75) is 31.2 Å². The maximum atomic E-state index is 6.07. The summed E-state index contributed by atoms with van der Waals surface area (Å²) < 4.78 is 0. The van der Waals surface area contributed by atoms with Crippen LogP contribution in [0.3, 0.4) is 0 Å². The molecule has 0 bridgehead atoms. The Morgan fingerprint density at radius 3 is 3.00 bits per heavy atom. The van der Waals surface area contributed by atoms with E-state index >= 15 is 0 Å². The molecule has 2 heteroatoms. The fourth-order valence-electron chi connectivity index (χ4n) is 2.71. The third kappa shape index (κ3) is 0.947. The third-order valence-corrected chi connectivity index (χ3v) is 3.73. The fourth-order valence-corrected chi connectivity index (χ4v) is 2.71. The van der Waals surface area contributed by atoms with E-state index in [0.717, 1.165) is 6.54 Å². The first-order valence-corrected chi connectivity index (χ1v) is 5.33. The van der Waals surface area contributed by atoms with Gasteiger partial charge in [-0.05, 0) is 31.4 Å². The van der Waals surface area contributed by atoms with Crippen LogP contribution in [-0.4, -0.2) is 12.6 Å². The van der Waals surface area contributed by atoms with E-state index in [4.69, 9.17) is 5.73 Å².